The van der Waals surface area contributed by atoms with Crippen molar-refractivity contribution in [3.63, 3.8) is 0 Å². The second-order valence-corrected chi connectivity index (χ2v) is 10.7. The average molecular weight is 415 g/mol. The number of rotatable bonds is 6. The van der Waals surface area contributed by atoms with Crippen molar-refractivity contribution in [1.29, 1.82) is 0 Å². The minimum Gasteiger partial charge on any atom is -0.188 e. The maximum absolute atomic E-state index is 4.39. The van der Waals surface area contributed by atoms with Gasteiger partial charge in [-0.2, -0.15) is 4.57 Å². The van der Waals surface area contributed by atoms with Crippen LogP contribution in [0.1, 0.15) is 108 Å². The maximum atomic E-state index is 4.39. The minimum absolute atomic E-state index is 0.0441. The lowest BCUT2D eigenvalue weighted by atomic mass is 9.56. The molecule has 0 N–H and O–H groups in total. The summed E-state index contributed by atoms with van der Waals surface area (Å²) in [5, 5.41) is 0. The highest BCUT2D eigenvalue weighted by Crippen LogP contribution is 2.58. The Kier molecular flexibility index (Phi) is 5.15. The summed E-state index contributed by atoms with van der Waals surface area (Å²) in [6.45, 7) is 14.0. The molecule has 1 aromatic heterocycles. The van der Waals surface area contributed by atoms with Crippen LogP contribution in [0.4, 0.5) is 0 Å². The van der Waals surface area contributed by atoms with Crippen LogP contribution in [0, 0.1) is 5.92 Å². The highest BCUT2D eigenvalue weighted by Gasteiger charge is 2.58. The van der Waals surface area contributed by atoms with Gasteiger partial charge in [-0.1, -0.05) is 46.3 Å². The van der Waals surface area contributed by atoms with Crippen LogP contribution in [0.2, 0.25) is 0 Å². The molecule has 2 bridgehead atoms. The van der Waals surface area contributed by atoms with Gasteiger partial charge in [0.05, 0.1) is 11.0 Å². The van der Waals surface area contributed by atoms with Gasteiger partial charge < -0.3 is 0 Å². The highest BCUT2D eigenvalue weighted by molar-refractivity contribution is 5.69. The largest absolute Gasteiger partial charge is 0.213 e. The van der Waals surface area contributed by atoms with E-state index in [9.17, 15) is 0 Å². The lowest BCUT2D eigenvalue weighted by Crippen LogP contribution is -2.68. The Morgan fingerprint density at radius 3 is 2.65 bits per heavy atom. The van der Waals surface area contributed by atoms with E-state index in [2.05, 4.69) is 81.4 Å². The summed E-state index contributed by atoms with van der Waals surface area (Å²) >= 11 is 0. The first-order valence-electron chi connectivity index (χ1n) is 12.9. The van der Waals surface area contributed by atoms with E-state index in [-0.39, 0.29) is 11.0 Å². The smallest absolute Gasteiger partial charge is 0.188 e. The molecular formula is C30H40N+. The second-order valence-electron chi connectivity index (χ2n) is 10.7. The Balaban J connectivity index is 1.75. The zero-order chi connectivity index (χ0) is 21.8. The van der Waals surface area contributed by atoms with Gasteiger partial charge in [0.2, 0.25) is 5.69 Å². The number of unbranched alkanes of at least 4 members (excludes halogenated alkanes) is 1. The molecule has 1 fully saturated rings. The summed E-state index contributed by atoms with van der Waals surface area (Å²) in [4.78, 5) is 0. The molecule has 0 spiro atoms. The van der Waals surface area contributed by atoms with E-state index in [1.165, 1.54) is 49.8 Å². The molecule has 5 atom stereocenters. The predicted octanol–water partition coefficient (Wildman–Crippen LogP) is 7.78. The first-order chi connectivity index (χ1) is 15.0. The molecule has 6 rings (SSSR count). The number of hydrogen-bond acceptors (Lipinski definition) is 0. The van der Waals surface area contributed by atoms with Crippen molar-refractivity contribution in [3.05, 3.63) is 65.9 Å². The van der Waals surface area contributed by atoms with Crippen LogP contribution >= 0.6 is 0 Å². The van der Waals surface area contributed by atoms with Crippen LogP contribution in [0.25, 0.3) is 11.3 Å². The Morgan fingerprint density at radius 1 is 1.10 bits per heavy atom. The number of hydrogen-bond donors (Lipinski definition) is 0. The van der Waals surface area contributed by atoms with E-state index >= 15 is 0 Å². The van der Waals surface area contributed by atoms with Crippen molar-refractivity contribution in [3.8, 4) is 11.3 Å². The molecule has 0 saturated heterocycles. The summed E-state index contributed by atoms with van der Waals surface area (Å²) in [6, 6.07) is 12.0. The molecule has 31 heavy (non-hydrogen) atoms. The van der Waals surface area contributed by atoms with E-state index in [1.807, 2.05) is 0 Å². The fraction of sp³-hybridized carbons (Fsp3) is 0.567. The van der Waals surface area contributed by atoms with Crippen LogP contribution < -0.4 is 4.57 Å². The van der Waals surface area contributed by atoms with Gasteiger partial charge in [0.1, 0.15) is 0 Å². The van der Waals surface area contributed by atoms with E-state index in [1.54, 1.807) is 16.7 Å². The molecule has 1 nitrogen and oxygen atoms in total. The molecule has 0 radical (unpaired) electrons. The lowest BCUT2D eigenvalue weighted by molar-refractivity contribution is -0.756. The third kappa shape index (κ3) is 2.71. The Labute approximate surface area is 189 Å². The maximum Gasteiger partial charge on any atom is 0.213 e. The molecule has 0 amide bonds. The van der Waals surface area contributed by atoms with Gasteiger partial charge in [0, 0.05) is 18.6 Å². The molecule has 164 valence electrons. The van der Waals surface area contributed by atoms with Crippen LogP contribution in [0.3, 0.4) is 0 Å². The normalized spacial score (nSPS) is 32.8. The van der Waals surface area contributed by atoms with Gasteiger partial charge in [0.15, 0.2) is 11.7 Å². The number of aromatic nitrogens is 1. The summed E-state index contributed by atoms with van der Waals surface area (Å²) in [6.07, 6.45) is 15.1. The van der Waals surface area contributed by atoms with Gasteiger partial charge in [-0.15, -0.1) is 0 Å². The molecule has 4 aliphatic rings. The van der Waals surface area contributed by atoms with Crippen LogP contribution in [-0.4, -0.2) is 0 Å². The first kappa shape index (κ1) is 21.0. The van der Waals surface area contributed by atoms with E-state index < -0.39 is 0 Å². The minimum atomic E-state index is -0.0884. The topological polar surface area (TPSA) is 3.88 Å². The quantitative estimate of drug-likeness (QED) is 0.335. The Morgan fingerprint density at radius 2 is 1.94 bits per heavy atom. The number of nitrogens with zero attached hydrogens (tertiary/aromatic N) is 1. The molecular weight excluding hydrogens is 374 g/mol. The number of benzene rings is 1. The molecule has 1 heteroatoms. The summed E-state index contributed by atoms with van der Waals surface area (Å²) in [5.74, 6) is 2.45. The molecule has 1 saturated carbocycles. The van der Waals surface area contributed by atoms with Crippen LogP contribution in [0.15, 0.2) is 49.2 Å². The monoisotopic (exact) mass is 414 g/mol. The van der Waals surface area contributed by atoms with Crippen molar-refractivity contribution < 1.29 is 4.57 Å². The number of allylic oxidation sites excluding steroid dienone is 1. The Hall–Kier alpha value is -1.89. The molecule has 2 heterocycles. The van der Waals surface area contributed by atoms with Gasteiger partial charge >= 0.3 is 0 Å². The van der Waals surface area contributed by atoms with Crippen molar-refractivity contribution in [2.24, 2.45) is 5.92 Å². The summed E-state index contributed by atoms with van der Waals surface area (Å²) in [7, 11) is 0. The SMILES string of the molecule is C=CC1(CC)[n+]2ccccc2-c2cc3c(cc2C1(C)CC)C1CCC3CC1CCCC. The first-order valence-corrected chi connectivity index (χ1v) is 12.9. The van der Waals surface area contributed by atoms with Crippen molar-refractivity contribution >= 4 is 0 Å². The third-order valence-corrected chi connectivity index (χ3v) is 9.67. The fourth-order valence-electron chi connectivity index (χ4n) is 7.75. The zero-order valence-electron chi connectivity index (χ0n) is 20.1. The van der Waals surface area contributed by atoms with Crippen LogP contribution in [-0.2, 0) is 11.0 Å². The van der Waals surface area contributed by atoms with Gasteiger partial charge in [-0.05, 0) is 91.7 Å². The van der Waals surface area contributed by atoms with Gasteiger partial charge in [0.25, 0.3) is 0 Å². The third-order valence-electron chi connectivity index (χ3n) is 9.67. The van der Waals surface area contributed by atoms with Gasteiger partial charge in [-0.25, -0.2) is 0 Å². The van der Waals surface area contributed by atoms with Crippen molar-refractivity contribution in [2.45, 2.75) is 102 Å². The fourth-order valence-corrected chi connectivity index (χ4v) is 7.75. The van der Waals surface area contributed by atoms with Crippen molar-refractivity contribution in [1.82, 2.24) is 0 Å². The Bertz CT molecular complexity index is 1000. The predicted molar refractivity (Wildman–Crippen MR) is 131 cm³/mol. The zero-order valence-corrected chi connectivity index (χ0v) is 20.1. The number of pyridine rings is 1. The van der Waals surface area contributed by atoms with Crippen molar-refractivity contribution in [2.75, 3.05) is 0 Å². The molecule has 5 unspecified atom stereocenters. The standard InChI is InChI=1S/C30H40N/c1-6-10-13-21-18-22-15-16-23(21)25-20-27-26(19-24(22)25)28-14-11-12-17-31(28)30(8-3,9-4)29(27,5)7-2/h8,11-12,14,17,19-23H,3,6-7,9-10,13,15-16,18H2,1-2,4-5H3/q+1. The molecule has 2 aromatic rings. The molecule has 1 aliphatic heterocycles. The molecule has 1 aromatic carbocycles. The lowest BCUT2D eigenvalue weighted by Gasteiger charge is -2.49. The highest BCUT2D eigenvalue weighted by atomic mass is 15.1. The average Bonchev–Trinajstić information content (AvgIpc) is 2.83. The van der Waals surface area contributed by atoms with E-state index in [4.69, 9.17) is 0 Å². The van der Waals surface area contributed by atoms with Gasteiger partial charge in [-0.3, -0.25) is 0 Å². The van der Waals surface area contributed by atoms with E-state index in [0.29, 0.717) is 0 Å². The number of fused-ring (bicyclic) bond motifs is 5. The molecule has 3 aliphatic carbocycles. The summed E-state index contributed by atoms with van der Waals surface area (Å²) in [5.41, 5.74) is 7.77. The second kappa shape index (κ2) is 7.61. The van der Waals surface area contributed by atoms with Crippen LogP contribution in [0.5, 0.6) is 0 Å². The van der Waals surface area contributed by atoms with E-state index in [0.717, 1.165) is 30.6 Å². The summed E-state index contributed by atoms with van der Waals surface area (Å²) < 4.78 is 2.55.